The Bertz CT molecular complexity index is 447. The van der Waals surface area contributed by atoms with Crippen molar-refractivity contribution < 1.29 is 4.79 Å². The van der Waals surface area contributed by atoms with Crippen molar-refractivity contribution in [1.29, 1.82) is 0 Å². The zero-order chi connectivity index (χ0) is 14.6. The van der Waals surface area contributed by atoms with E-state index in [0.29, 0.717) is 6.42 Å². The number of amides is 1. The van der Waals surface area contributed by atoms with Crippen LogP contribution in [0.1, 0.15) is 63.9 Å². The first kappa shape index (κ1) is 14.9. The van der Waals surface area contributed by atoms with Crippen LogP contribution in [-0.4, -0.2) is 11.4 Å². The van der Waals surface area contributed by atoms with Crippen LogP contribution in [0.5, 0.6) is 0 Å². The molecule has 1 aliphatic rings. The van der Waals surface area contributed by atoms with E-state index in [-0.39, 0.29) is 17.4 Å². The number of nitrogen functional groups attached to an aromatic ring is 1. The summed E-state index contributed by atoms with van der Waals surface area (Å²) in [5, 5.41) is 3.24. The Kier molecular flexibility index (Phi) is 4.69. The fourth-order valence-electron chi connectivity index (χ4n) is 3.07. The van der Waals surface area contributed by atoms with Crippen molar-refractivity contribution in [2.45, 2.75) is 63.8 Å². The van der Waals surface area contributed by atoms with Crippen LogP contribution in [-0.2, 0) is 4.79 Å². The van der Waals surface area contributed by atoms with Crippen LogP contribution in [0.15, 0.2) is 24.3 Å². The number of anilines is 1. The minimum Gasteiger partial charge on any atom is -0.399 e. The molecule has 1 fully saturated rings. The molecule has 3 heteroatoms. The third-order valence-electron chi connectivity index (χ3n) is 4.40. The van der Waals surface area contributed by atoms with E-state index >= 15 is 0 Å². The van der Waals surface area contributed by atoms with Gasteiger partial charge in [-0.15, -0.1) is 0 Å². The molecule has 3 nitrogen and oxygen atoms in total. The van der Waals surface area contributed by atoms with E-state index in [2.05, 4.69) is 19.2 Å². The molecule has 0 heterocycles. The summed E-state index contributed by atoms with van der Waals surface area (Å²) in [5.74, 6) is 0.390. The van der Waals surface area contributed by atoms with Gasteiger partial charge in [0.15, 0.2) is 0 Å². The summed E-state index contributed by atoms with van der Waals surface area (Å²) in [6.45, 7) is 4.27. The molecule has 0 spiro atoms. The van der Waals surface area contributed by atoms with Crippen molar-refractivity contribution in [3.05, 3.63) is 29.8 Å². The molecule has 0 saturated heterocycles. The Balaban J connectivity index is 1.89. The van der Waals surface area contributed by atoms with Crippen LogP contribution in [0.2, 0.25) is 0 Å². The van der Waals surface area contributed by atoms with Gasteiger partial charge in [-0.2, -0.15) is 0 Å². The van der Waals surface area contributed by atoms with Gasteiger partial charge in [0.1, 0.15) is 0 Å². The molecule has 1 aliphatic carbocycles. The first-order chi connectivity index (χ1) is 9.48. The number of carbonyl (C=O) groups excluding carboxylic acids is 1. The summed E-state index contributed by atoms with van der Waals surface area (Å²) < 4.78 is 0. The van der Waals surface area contributed by atoms with Gasteiger partial charge in [0.05, 0.1) is 0 Å². The van der Waals surface area contributed by atoms with Crippen LogP contribution in [0.4, 0.5) is 5.69 Å². The molecule has 1 atom stereocenters. The van der Waals surface area contributed by atoms with Crippen LogP contribution in [0, 0.1) is 0 Å². The summed E-state index contributed by atoms with van der Waals surface area (Å²) >= 11 is 0. The average Bonchev–Trinajstić information content (AvgIpc) is 2.39. The predicted molar refractivity (Wildman–Crippen MR) is 83.5 cm³/mol. The molecular weight excluding hydrogens is 248 g/mol. The standard InChI is InChI=1S/C17H26N2O/c1-13(14-6-8-15(18)9-7-14)12-16(20)19-17(2)10-4-3-5-11-17/h6-9,13H,3-5,10-12,18H2,1-2H3,(H,19,20). The Morgan fingerprint density at radius 3 is 2.45 bits per heavy atom. The number of nitrogens with two attached hydrogens (primary N) is 1. The Morgan fingerprint density at radius 1 is 1.25 bits per heavy atom. The molecule has 1 aromatic rings. The van der Waals surface area contributed by atoms with E-state index in [9.17, 15) is 4.79 Å². The van der Waals surface area contributed by atoms with Gasteiger partial charge in [-0.05, 0) is 43.4 Å². The average molecular weight is 274 g/mol. The number of rotatable bonds is 4. The molecule has 0 radical (unpaired) electrons. The second-order valence-electron chi connectivity index (χ2n) is 6.44. The van der Waals surface area contributed by atoms with Crippen LogP contribution >= 0.6 is 0 Å². The van der Waals surface area contributed by atoms with Crippen molar-refractivity contribution >= 4 is 11.6 Å². The lowest BCUT2D eigenvalue weighted by Gasteiger charge is -2.35. The molecule has 1 unspecified atom stereocenters. The second kappa shape index (κ2) is 6.29. The van der Waals surface area contributed by atoms with E-state index < -0.39 is 0 Å². The Morgan fingerprint density at radius 2 is 1.85 bits per heavy atom. The van der Waals surface area contributed by atoms with Gasteiger partial charge in [0.25, 0.3) is 0 Å². The maximum atomic E-state index is 12.2. The molecule has 0 aromatic heterocycles. The van der Waals surface area contributed by atoms with Gasteiger partial charge in [-0.3, -0.25) is 4.79 Å². The van der Waals surface area contributed by atoms with Crippen molar-refractivity contribution in [3.8, 4) is 0 Å². The number of nitrogens with one attached hydrogen (secondary N) is 1. The highest BCUT2D eigenvalue weighted by atomic mass is 16.1. The van der Waals surface area contributed by atoms with Gasteiger partial charge >= 0.3 is 0 Å². The molecule has 3 N–H and O–H groups in total. The normalized spacial score (nSPS) is 19.3. The van der Waals surface area contributed by atoms with Crippen molar-refractivity contribution in [2.75, 3.05) is 5.73 Å². The van der Waals surface area contributed by atoms with Gasteiger partial charge in [0.2, 0.25) is 5.91 Å². The molecule has 1 amide bonds. The molecule has 0 bridgehead atoms. The molecule has 0 aliphatic heterocycles. The maximum absolute atomic E-state index is 12.2. The first-order valence-corrected chi connectivity index (χ1v) is 7.65. The van der Waals surface area contributed by atoms with Crippen LogP contribution in [0.3, 0.4) is 0 Å². The lowest BCUT2D eigenvalue weighted by molar-refractivity contribution is -0.123. The van der Waals surface area contributed by atoms with Crippen LogP contribution < -0.4 is 11.1 Å². The third kappa shape index (κ3) is 3.99. The largest absolute Gasteiger partial charge is 0.399 e. The SMILES string of the molecule is CC(CC(=O)NC1(C)CCCCC1)c1ccc(N)cc1. The fraction of sp³-hybridized carbons (Fsp3) is 0.588. The van der Waals surface area contributed by atoms with Crippen molar-refractivity contribution in [3.63, 3.8) is 0 Å². The topological polar surface area (TPSA) is 55.1 Å². The number of hydrogen-bond donors (Lipinski definition) is 2. The van der Waals surface area contributed by atoms with E-state index in [4.69, 9.17) is 5.73 Å². The summed E-state index contributed by atoms with van der Waals surface area (Å²) in [6.07, 6.45) is 6.51. The second-order valence-corrected chi connectivity index (χ2v) is 6.44. The zero-order valence-electron chi connectivity index (χ0n) is 12.6. The highest BCUT2D eigenvalue weighted by molar-refractivity contribution is 5.77. The lowest BCUT2D eigenvalue weighted by atomic mass is 9.83. The van der Waals surface area contributed by atoms with Crippen molar-refractivity contribution in [1.82, 2.24) is 5.32 Å². The quantitative estimate of drug-likeness (QED) is 0.824. The van der Waals surface area contributed by atoms with E-state index in [0.717, 1.165) is 18.5 Å². The minimum absolute atomic E-state index is 0.0101. The summed E-state index contributed by atoms with van der Waals surface area (Å²) in [4.78, 5) is 12.2. The highest BCUT2D eigenvalue weighted by Crippen LogP contribution is 2.28. The van der Waals surface area contributed by atoms with Gasteiger partial charge in [0, 0.05) is 17.6 Å². The Hall–Kier alpha value is -1.51. The molecule has 110 valence electrons. The van der Waals surface area contributed by atoms with E-state index in [1.807, 2.05) is 24.3 Å². The third-order valence-corrected chi connectivity index (χ3v) is 4.40. The highest BCUT2D eigenvalue weighted by Gasteiger charge is 2.28. The molecule has 1 aromatic carbocycles. The molecule has 1 saturated carbocycles. The summed E-state index contributed by atoms with van der Waals surface area (Å²) in [5.41, 5.74) is 7.63. The molecular formula is C17H26N2O. The number of benzene rings is 1. The predicted octanol–water partition coefficient (Wildman–Crippen LogP) is 3.60. The van der Waals surface area contributed by atoms with Gasteiger partial charge < -0.3 is 11.1 Å². The fourth-order valence-corrected chi connectivity index (χ4v) is 3.07. The molecule has 2 rings (SSSR count). The van der Waals surface area contributed by atoms with Crippen LogP contribution in [0.25, 0.3) is 0 Å². The van der Waals surface area contributed by atoms with Gasteiger partial charge in [-0.1, -0.05) is 38.3 Å². The maximum Gasteiger partial charge on any atom is 0.221 e. The summed E-state index contributed by atoms with van der Waals surface area (Å²) in [7, 11) is 0. The number of carbonyl (C=O) groups is 1. The monoisotopic (exact) mass is 274 g/mol. The Labute approximate surface area is 121 Å². The first-order valence-electron chi connectivity index (χ1n) is 7.65. The molecule has 20 heavy (non-hydrogen) atoms. The smallest absolute Gasteiger partial charge is 0.221 e. The summed E-state index contributed by atoms with van der Waals surface area (Å²) in [6, 6.07) is 7.81. The lowest BCUT2D eigenvalue weighted by Crippen LogP contribution is -2.47. The minimum atomic E-state index is 0.0101. The van der Waals surface area contributed by atoms with E-state index in [1.165, 1.54) is 24.8 Å². The zero-order valence-corrected chi connectivity index (χ0v) is 12.6. The van der Waals surface area contributed by atoms with Gasteiger partial charge in [-0.25, -0.2) is 0 Å². The van der Waals surface area contributed by atoms with E-state index in [1.54, 1.807) is 0 Å². The van der Waals surface area contributed by atoms with Crippen molar-refractivity contribution in [2.24, 2.45) is 0 Å². The number of hydrogen-bond acceptors (Lipinski definition) is 2.